The highest BCUT2D eigenvalue weighted by molar-refractivity contribution is 7.89. The minimum atomic E-state index is -3.95. The van der Waals surface area contributed by atoms with E-state index in [0.717, 1.165) is 31.2 Å². The van der Waals surface area contributed by atoms with Crippen molar-refractivity contribution in [2.24, 2.45) is 21.6 Å². The molecule has 3 rings (SSSR count). The van der Waals surface area contributed by atoms with Crippen LogP contribution in [0.2, 0.25) is 0 Å². The van der Waals surface area contributed by atoms with Gasteiger partial charge in [-0.05, 0) is 54.9 Å². The molecule has 1 aliphatic rings. The third-order valence-electron chi connectivity index (χ3n) is 4.71. The highest BCUT2D eigenvalue weighted by atomic mass is 32.2. The number of hydrogen-bond acceptors (Lipinski definition) is 6. The molecule has 2 aromatic rings. The van der Waals surface area contributed by atoms with Gasteiger partial charge in [0.15, 0.2) is 5.96 Å². The Kier molecular flexibility index (Phi) is 4.92. The van der Waals surface area contributed by atoms with E-state index < -0.39 is 10.0 Å². The molecule has 0 spiro atoms. The number of guanidine groups is 1. The Morgan fingerprint density at radius 2 is 1.92 bits per heavy atom. The molecule has 0 unspecified atom stereocenters. The smallest absolute Gasteiger partial charge is 0.239 e. The van der Waals surface area contributed by atoms with Crippen molar-refractivity contribution >= 4 is 16.0 Å². The van der Waals surface area contributed by atoms with Crippen molar-refractivity contribution in [3.63, 3.8) is 0 Å². The molecule has 7 N–H and O–H groups in total. The van der Waals surface area contributed by atoms with Gasteiger partial charge in [0, 0.05) is 5.56 Å². The van der Waals surface area contributed by atoms with Gasteiger partial charge in [0.1, 0.15) is 0 Å². The molecule has 1 saturated carbocycles. The zero-order valence-corrected chi connectivity index (χ0v) is 15.2. The summed E-state index contributed by atoms with van der Waals surface area (Å²) in [4.78, 5) is 4.27. The predicted octanol–water partition coefficient (Wildman–Crippen LogP) is 0.122. The number of H-pyrrole nitrogens is 1. The normalized spacial score (nSPS) is 20.7. The molecule has 11 heteroatoms. The summed E-state index contributed by atoms with van der Waals surface area (Å²) in [6.07, 6.45) is 3.26. The summed E-state index contributed by atoms with van der Waals surface area (Å²) < 4.78 is 24.4. The molecule has 10 nitrogen and oxygen atoms in total. The summed E-state index contributed by atoms with van der Waals surface area (Å²) in [5.74, 6) is 0.446. The number of sulfonamides is 1. The molecular weight excluding hydrogens is 356 g/mol. The van der Waals surface area contributed by atoms with Crippen LogP contribution in [0.25, 0.3) is 11.4 Å². The number of benzene rings is 1. The Labute approximate surface area is 151 Å². The summed E-state index contributed by atoms with van der Waals surface area (Å²) in [5, 5.41) is 19.4. The molecule has 0 atom stereocenters. The minimum absolute atomic E-state index is 0.0442. The summed E-state index contributed by atoms with van der Waals surface area (Å²) >= 11 is 0. The van der Waals surface area contributed by atoms with Gasteiger partial charge in [-0.2, -0.15) is 5.21 Å². The Morgan fingerprint density at radius 3 is 2.46 bits per heavy atom. The average Bonchev–Trinajstić information content (AvgIpc) is 3.08. The SMILES string of the molecule is Cc1ccc(C2CCC(N=C(N)N)CC2)c(-c2nn[nH]n2)c1S(N)(=O)=O. The van der Waals surface area contributed by atoms with E-state index in [1.54, 1.807) is 13.0 Å². The highest BCUT2D eigenvalue weighted by Crippen LogP contribution is 2.41. The first-order valence-electron chi connectivity index (χ1n) is 8.26. The number of tetrazole rings is 1. The molecule has 140 valence electrons. The minimum Gasteiger partial charge on any atom is -0.370 e. The highest BCUT2D eigenvalue weighted by Gasteiger charge is 2.30. The second kappa shape index (κ2) is 7.00. The van der Waals surface area contributed by atoms with Crippen LogP contribution in [0, 0.1) is 6.92 Å². The van der Waals surface area contributed by atoms with Gasteiger partial charge in [0.2, 0.25) is 15.8 Å². The van der Waals surface area contributed by atoms with Crippen LogP contribution in [0.15, 0.2) is 22.0 Å². The number of nitrogens with zero attached hydrogens (tertiary/aromatic N) is 4. The van der Waals surface area contributed by atoms with Crippen molar-refractivity contribution in [3.8, 4) is 11.4 Å². The summed E-state index contributed by atoms with van der Waals surface area (Å²) in [7, 11) is -3.95. The van der Waals surface area contributed by atoms with Crippen LogP contribution >= 0.6 is 0 Å². The fourth-order valence-corrected chi connectivity index (χ4v) is 4.64. The van der Waals surface area contributed by atoms with Gasteiger partial charge in [-0.15, -0.1) is 10.2 Å². The third kappa shape index (κ3) is 3.68. The van der Waals surface area contributed by atoms with Gasteiger partial charge in [0.25, 0.3) is 0 Å². The van der Waals surface area contributed by atoms with Crippen molar-refractivity contribution in [3.05, 3.63) is 23.3 Å². The maximum absolute atomic E-state index is 12.2. The molecule has 1 aromatic carbocycles. The molecule has 0 saturated heterocycles. The summed E-state index contributed by atoms with van der Waals surface area (Å²) in [6.45, 7) is 1.70. The lowest BCUT2D eigenvalue weighted by atomic mass is 9.79. The van der Waals surface area contributed by atoms with Gasteiger partial charge in [0.05, 0.1) is 10.9 Å². The monoisotopic (exact) mass is 378 g/mol. The van der Waals surface area contributed by atoms with E-state index in [9.17, 15) is 8.42 Å². The number of aromatic nitrogens is 4. The molecule has 1 aliphatic carbocycles. The van der Waals surface area contributed by atoms with Gasteiger partial charge in [-0.3, -0.25) is 4.99 Å². The lowest BCUT2D eigenvalue weighted by Gasteiger charge is -2.28. The van der Waals surface area contributed by atoms with Gasteiger partial charge in [-0.25, -0.2) is 13.6 Å². The average molecular weight is 378 g/mol. The fraction of sp³-hybridized carbons (Fsp3) is 0.467. The van der Waals surface area contributed by atoms with Crippen molar-refractivity contribution in [2.75, 3.05) is 0 Å². The molecule has 0 bridgehead atoms. The number of nitrogens with one attached hydrogen (secondary N) is 1. The van der Waals surface area contributed by atoms with E-state index in [2.05, 4.69) is 25.6 Å². The maximum Gasteiger partial charge on any atom is 0.239 e. The molecule has 1 heterocycles. The number of rotatable bonds is 4. The molecule has 0 aliphatic heterocycles. The number of aromatic amines is 1. The zero-order chi connectivity index (χ0) is 18.9. The lowest BCUT2D eigenvalue weighted by molar-refractivity contribution is 0.397. The van der Waals surface area contributed by atoms with Crippen molar-refractivity contribution in [1.29, 1.82) is 0 Å². The molecule has 26 heavy (non-hydrogen) atoms. The second-order valence-corrected chi connectivity index (χ2v) is 8.01. The lowest BCUT2D eigenvalue weighted by Crippen LogP contribution is -2.27. The topological polar surface area (TPSA) is 179 Å². The first-order chi connectivity index (χ1) is 12.3. The Balaban J connectivity index is 2.05. The van der Waals surface area contributed by atoms with E-state index in [0.29, 0.717) is 11.1 Å². The van der Waals surface area contributed by atoms with E-state index in [-0.39, 0.29) is 28.6 Å². The van der Waals surface area contributed by atoms with Crippen LogP contribution in [-0.2, 0) is 10.0 Å². The van der Waals surface area contributed by atoms with E-state index in [1.165, 1.54) is 0 Å². The van der Waals surface area contributed by atoms with Crippen molar-refractivity contribution in [2.45, 2.75) is 49.5 Å². The molecule has 1 aromatic heterocycles. The number of hydrogen-bond donors (Lipinski definition) is 4. The Morgan fingerprint density at radius 1 is 1.23 bits per heavy atom. The van der Waals surface area contributed by atoms with Crippen LogP contribution < -0.4 is 16.6 Å². The van der Waals surface area contributed by atoms with E-state index in [4.69, 9.17) is 16.6 Å². The largest absolute Gasteiger partial charge is 0.370 e. The first kappa shape index (κ1) is 18.3. The third-order valence-corrected chi connectivity index (χ3v) is 5.80. The van der Waals surface area contributed by atoms with Crippen LogP contribution in [0.3, 0.4) is 0 Å². The zero-order valence-electron chi connectivity index (χ0n) is 14.4. The van der Waals surface area contributed by atoms with Crippen LogP contribution in [0.4, 0.5) is 0 Å². The second-order valence-electron chi connectivity index (χ2n) is 6.52. The summed E-state index contributed by atoms with van der Waals surface area (Å²) in [5.41, 5.74) is 12.7. The van der Waals surface area contributed by atoms with Crippen LogP contribution in [0.5, 0.6) is 0 Å². The number of aliphatic imine (C=N–C) groups is 1. The first-order valence-corrected chi connectivity index (χ1v) is 9.81. The fourth-order valence-electron chi connectivity index (χ4n) is 3.63. The summed E-state index contributed by atoms with van der Waals surface area (Å²) in [6, 6.07) is 3.77. The van der Waals surface area contributed by atoms with Crippen LogP contribution in [-0.4, -0.2) is 41.0 Å². The molecular formula is C15H22N8O2S. The number of aryl methyl sites for hydroxylation is 1. The standard InChI is InChI=1S/C15H22N8O2S/c1-8-2-7-11(9-3-5-10(6-4-9)19-15(16)17)12(13(8)26(18,24)25)14-20-22-23-21-14/h2,7,9-10H,3-6H2,1H3,(H4,16,17,19)(H2,18,24,25)(H,20,21,22,23). The van der Waals surface area contributed by atoms with Crippen molar-refractivity contribution in [1.82, 2.24) is 20.6 Å². The molecule has 0 radical (unpaired) electrons. The Hall–Kier alpha value is -2.53. The molecule has 0 amide bonds. The predicted molar refractivity (Wildman–Crippen MR) is 96.5 cm³/mol. The van der Waals surface area contributed by atoms with Crippen LogP contribution in [0.1, 0.15) is 42.7 Å². The quantitative estimate of drug-likeness (QED) is 0.431. The number of nitrogens with two attached hydrogens (primary N) is 3. The number of primary sulfonamides is 1. The van der Waals surface area contributed by atoms with E-state index in [1.807, 2.05) is 6.07 Å². The van der Waals surface area contributed by atoms with Crippen molar-refractivity contribution < 1.29 is 8.42 Å². The van der Waals surface area contributed by atoms with Gasteiger partial charge < -0.3 is 11.5 Å². The molecule has 1 fully saturated rings. The van der Waals surface area contributed by atoms with Gasteiger partial charge in [-0.1, -0.05) is 12.1 Å². The van der Waals surface area contributed by atoms with Gasteiger partial charge >= 0.3 is 0 Å². The Bertz CT molecular complexity index is 911. The maximum atomic E-state index is 12.2. The van der Waals surface area contributed by atoms with E-state index >= 15 is 0 Å².